The standard InChI is InChI=1S/C14H16N4O4/c1-12(2)4-13(3,11(15-7-19)16-8-20)6-14(5-12,17-9-21)18-10-22/h11H,4-6H2,1-3H3. The highest BCUT2D eigenvalue weighted by atomic mass is 16.1. The second-order valence-corrected chi connectivity index (χ2v) is 6.55. The van der Waals surface area contributed by atoms with Gasteiger partial charge in [-0.25, -0.2) is 19.2 Å². The summed E-state index contributed by atoms with van der Waals surface area (Å²) in [4.78, 5) is 57.1. The third kappa shape index (κ3) is 3.79. The van der Waals surface area contributed by atoms with Gasteiger partial charge in [0, 0.05) is 11.8 Å². The van der Waals surface area contributed by atoms with Crippen molar-refractivity contribution in [2.75, 3.05) is 0 Å². The Bertz CT molecular complexity index is 597. The van der Waals surface area contributed by atoms with E-state index >= 15 is 0 Å². The molecule has 116 valence electrons. The number of isocyanates is 4. The molecule has 0 radical (unpaired) electrons. The van der Waals surface area contributed by atoms with Gasteiger partial charge >= 0.3 is 0 Å². The van der Waals surface area contributed by atoms with Crippen LogP contribution in [-0.4, -0.2) is 36.1 Å². The number of hydrogen-bond acceptors (Lipinski definition) is 8. The predicted molar refractivity (Wildman–Crippen MR) is 74.7 cm³/mol. The Morgan fingerprint density at radius 3 is 1.68 bits per heavy atom. The van der Waals surface area contributed by atoms with Crippen LogP contribution in [0.3, 0.4) is 0 Å². The van der Waals surface area contributed by atoms with Crippen LogP contribution >= 0.6 is 0 Å². The number of rotatable bonds is 5. The van der Waals surface area contributed by atoms with Gasteiger partial charge in [-0.1, -0.05) is 20.8 Å². The van der Waals surface area contributed by atoms with E-state index in [4.69, 9.17) is 0 Å². The topological polar surface area (TPSA) is 118 Å². The van der Waals surface area contributed by atoms with Crippen molar-refractivity contribution in [3.05, 3.63) is 0 Å². The Kier molecular flexibility index (Phi) is 5.21. The zero-order chi connectivity index (χ0) is 16.9. The van der Waals surface area contributed by atoms with Crippen molar-refractivity contribution in [3.63, 3.8) is 0 Å². The first kappa shape index (κ1) is 17.6. The highest BCUT2D eigenvalue weighted by Gasteiger charge is 2.53. The van der Waals surface area contributed by atoms with Crippen molar-refractivity contribution in [3.8, 4) is 0 Å². The molecule has 8 heteroatoms. The van der Waals surface area contributed by atoms with Crippen molar-refractivity contribution in [1.29, 1.82) is 0 Å². The van der Waals surface area contributed by atoms with E-state index in [1.165, 1.54) is 24.3 Å². The van der Waals surface area contributed by atoms with Crippen molar-refractivity contribution in [1.82, 2.24) is 0 Å². The summed E-state index contributed by atoms with van der Waals surface area (Å²) in [5.74, 6) is 0. The van der Waals surface area contributed by atoms with Gasteiger partial charge in [0.15, 0.2) is 11.8 Å². The second kappa shape index (κ2) is 6.52. The summed E-state index contributed by atoms with van der Waals surface area (Å²) in [5, 5.41) is 0. The highest BCUT2D eigenvalue weighted by molar-refractivity contribution is 5.41. The van der Waals surface area contributed by atoms with Crippen LogP contribution in [0.2, 0.25) is 0 Å². The lowest BCUT2D eigenvalue weighted by Crippen LogP contribution is -2.49. The molecule has 1 rings (SSSR count). The first-order chi connectivity index (χ1) is 10.3. The number of aliphatic imine (C=N–C) groups is 4. The molecule has 1 atom stereocenters. The predicted octanol–water partition coefficient (Wildman–Crippen LogP) is 1.57. The summed E-state index contributed by atoms with van der Waals surface area (Å²) in [6.07, 6.45) is 5.51. The third-order valence-corrected chi connectivity index (χ3v) is 3.81. The molecule has 0 aromatic heterocycles. The fraction of sp³-hybridized carbons (Fsp3) is 0.714. The normalized spacial score (nSPS) is 30.5. The van der Waals surface area contributed by atoms with Crippen LogP contribution < -0.4 is 0 Å². The molecule has 22 heavy (non-hydrogen) atoms. The van der Waals surface area contributed by atoms with Gasteiger partial charge in [-0.05, 0) is 18.3 Å². The van der Waals surface area contributed by atoms with Gasteiger partial charge in [0.05, 0.1) is 0 Å². The summed E-state index contributed by atoms with van der Waals surface area (Å²) < 4.78 is 0. The van der Waals surface area contributed by atoms with Crippen molar-refractivity contribution in [2.45, 2.75) is 51.9 Å². The van der Waals surface area contributed by atoms with Crippen LogP contribution in [-0.2, 0) is 19.2 Å². The minimum Gasteiger partial charge on any atom is -0.211 e. The molecule has 0 saturated heterocycles. The minimum absolute atomic E-state index is 0.0922. The lowest BCUT2D eigenvalue weighted by atomic mass is 9.59. The molecule has 0 spiro atoms. The fourth-order valence-electron chi connectivity index (χ4n) is 3.67. The van der Waals surface area contributed by atoms with Crippen molar-refractivity contribution < 1.29 is 19.2 Å². The maximum absolute atomic E-state index is 10.7. The van der Waals surface area contributed by atoms with Gasteiger partial charge in [0.2, 0.25) is 24.3 Å². The Morgan fingerprint density at radius 2 is 1.27 bits per heavy atom. The highest BCUT2D eigenvalue weighted by Crippen LogP contribution is 2.54. The second-order valence-electron chi connectivity index (χ2n) is 6.55. The van der Waals surface area contributed by atoms with E-state index in [0.717, 1.165) is 0 Å². The molecular weight excluding hydrogens is 288 g/mol. The zero-order valence-corrected chi connectivity index (χ0v) is 12.6. The average molecular weight is 304 g/mol. The number of hydrogen-bond donors (Lipinski definition) is 0. The number of nitrogens with zero attached hydrogens (tertiary/aromatic N) is 4. The van der Waals surface area contributed by atoms with E-state index in [1.54, 1.807) is 6.92 Å². The van der Waals surface area contributed by atoms with Gasteiger partial charge in [0.25, 0.3) is 0 Å². The molecule has 0 aromatic carbocycles. The molecule has 0 bridgehead atoms. The molecule has 8 nitrogen and oxygen atoms in total. The Hall–Kier alpha value is -2.48. The van der Waals surface area contributed by atoms with E-state index in [-0.39, 0.29) is 6.42 Å². The van der Waals surface area contributed by atoms with Gasteiger partial charge in [-0.3, -0.25) is 0 Å². The maximum atomic E-state index is 10.7. The van der Waals surface area contributed by atoms with Gasteiger partial charge in [-0.2, -0.15) is 20.0 Å². The fourth-order valence-corrected chi connectivity index (χ4v) is 3.67. The van der Waals surface area contributed by atoms with Crippen molar-refractivity contribution in [2.24, 2.45) is 30.8 Å². The Balaban J connectivity index is 3.47. The van der Waals surface area contributed by atoms with Crippen LogP contribution in [0.25, 0.3) is 0 Å². The van der Waals surface area contributed by atoms with Gasteiger partial charge in [-0.15, -0.1) is 0 Å². The van der Waals surface area contributed by atoms with Gasteiger partial charge in [0.1, 0.15) is 0 Å². The first-order valence-corrected chi connectivity index (χ1v) is 6.58. The number of carbonyl (C=O) groups excluding carboxylic acids is 4. The van der Waals surface area contributed by atoms with Crippen LogP contribution in [0.5, 0.6) is 0 Å². The quantitative estimate of drug-likeness (QED) is 0.565. The SMILES string of the molecule is CC1(C)CC(N=C=O)(N=C=O)CC(C)(C(N=C=O)N=C=O)C1. The van der Waals surface area contributed by atoms with Gasteiger partial charge < -0.3 is 0 Å². The summed E-state index contributed by atoms with van der Waals surface area (Å²) in [5.41, 5.74) is -2.59. The molecule has 0 aliphatic heterocycles. The smallest absolute Gasteiger partial charge is 0.211 e. The molecule has 1 fully saturated rings. The third-order valence-electron chi connectivity index (χ3n) is 3.81. The summed E-state index contributed by atoms with van der Waals surface area (Å²) in [6.45, 7) is 5.52. The van der Waals surface area contributed by atoms with Crippen LogP contribution in [0.15, 0.2) is 20.0 Å². The molecule has 1 saturated carbocycles. The molecule has 0 N–H and O–H groups in total. The van der Waals surface area contributed by atoms with E-state index in [2.05, 4.69) is 20.0 Å². The first-order valence-electron chi connectivity index (χ1n) is 6.58. The zero-order valence-electron chi connectivity index (χ0n) is 12.6. The van der Waals surface area contributed by atoms with E-state index in [9.17, 15) is 19.2 Å². The minimum atomic E-state index is -1.35. The maximum Gasteiger partial charge on any atom is 0.237 e. The van der Waals surface area contributed by atoms with Crippen molar-refractivity contribution >= 4 is 24.3 Å². The monoisotopic (exact) mass is 304 g/mol. The molecule has 0 amide bonds. The average Bonchev–Trinajstić information content (AvgIpc) is 2.36. The lowest BCUT2D eigenvalue weighted by molar-refractivity contribution is 0.0255. The largest absolute Gasteiger partial charge is 0.237 e. The van der Waals surface area contributed by atoms with E-state index < -0.39 is 22.7 Å². The molecule has 1 aliphatic rings. The lowest BCUT2D eigenvalue weighted by Gasteiger charge is -2.49. The summed E-state index contributed by atoms with van der Waals surface area (Å²) >= 11 is 0. The van der Waals surface area contributed by atoms with E-state index in [1.807, 2.05) is 13.8 Å². The molecule has 1 aliphatic carbocycles. The molecular formula is C14H16N4O4. The summed E-state index contributed by atoms with van der Waals surface area (Å²) in [7, 11) is 0. The Morgan fingerprint density at radius 1 is 0.773 bits per heavy atom. The van der Waals surface area contributed by atoms with Crippen LogP contribution in [0.1, 0.15) is 40.0 Å². The Labute approximate surface area is 127 Å². The van der Waals surface area contributed by atoms with Crippen LogP contribution in [0.4, 0.5) is 0 Å². The molecule has 0 aromatic rings. The summed E-state index contributed by atoms with van der Waals surface area (Å²) in [6, 6.07) is 0. The molecule has 1 unspecified atom stereocenters. The van der Waals surface area contributed by atoms with Crippen LogP contribution in [0, 0.1) is 10.8 Å². The molecule has 0 heterocycles. The van der Waals surface area contributed by atoms with E-state index in [0.29, 0.717) is 12.8 Å².